The van der Waals surface area contributed by atoms with Gasteiger partial charge in [0.1, 0.15) is 0 Å². The molecule has 0 radical (unpaired) electrons. The third-order valence-electron chi connectivity index (χ3n) is 3.65. The van der Waals surface area contributed by atoms with Crippen molar-refractivity contribution >= 4 is 23.5 Å². The molecule has 1 aliphatic heterocycles. The zero-order valence-corrected chi connectivity index (χ0v) is 13.3. The zero-order valence-electron chi connectivity index (χ0n) is 12.4. The summed E-state index contributed by atoms with van der Waals surface area (Å²) < 4.78 is 0. The minimum atomic E-state index is -0.0963. The standard InChI is InChI=1S/C16H19N3OS/c1-16(2,3)13-8-14(19-18-13)17-15(20)11-9-21-12-7-5-4-6-10(11)12/h4-8,11H,9H2,1-3H3,(H2,17,18,19,20). The minimum Gasteiger partial charge on any atom is -0.309 e. The van der Waals surface area contributed by atoms with Crippen LogP contribution in [0.1, 0.15) is 37.9 Å². The van der Waals surface area contributed by atoms with E-state index in [0.29, 0.717) is 5.82 Å². The molecule has 1 amide bonds. The highest BCUT2D eigenvalue weighted by Gasteiger charge is 2.29. The van der Waals surface area contributed by atoms with Crippen LogP contribution in [0.3, 0.4) is 0 Å². The number of hydrogen-bond donors (Lipinski definition) is 2. The number of nitrogens with one attached hydrogen (secondary N) is 2. The van der Waals surface area contributed by atoms with E-state index >= 15 is 0 Å². The molecular weight excluding hydrogens is 282 g/mol. The molecule has 1 aromatic carbocycles. The molecule has 0 bridgehead atoms. The quantitative estimate of drug-likeness (QED) is 0.892. The number of amides is 1. The first-order valence-electron chi connectivity index (χ1n) is 7.03. The molecule has 0 saturated heterocycles. The minimum absolute atomic E-state index is 0.00815. The van der Waals surface area contributed by atoms with Gasteiger partial charge in [0.05, 0.1) is 5.92 Å². The van der Waals surface area contributed by atoms with Gasteiger partial charge in [-0.1, -0.05) is 39.0 Å². The van der Waals surface area contributed by atoms with E-state index in [2.05, 4.69) is 42.4 Å². The third kappa shape index (κ3) is 2.83. The predicted octanol–water partition coefficient (Wildman–Crippen LogP) is 3.54. The van der Waals surface area contributed by atoms with Crippen molar-refractivity contribution in [1.29, 1.82) is 0 Å². The van der Waals surface area contributed by atoms with Gasteiger partial charge in [-0.05, 0) is 11.6 Å². The number of carbonyl (C=O) groups is 1. The van der Waals surface area contributed by atoms with Crippen molar-refractivity contribution in [2.45, 2.75) is 37.0 Å². The Morgan fingerprint density at radius 3 is 2.86 bits per heavy atom. The summed E-state index contributed by atoms with van der Waals surface area (Å²) in [6, 6.07) is 10.0. The van der Waals surface area contributed by atoms with Crippen LogP contribution in [0.5, 0.6) is 0 Å². The molecule has 5 heteroatoms. The highest BCUT2D eigenvalue weighted by molar-refractivity contribution is 7.99. The Balaban J connectivity index is 1.75. The number of carbonyl (C=O) groups excluding carboxylic acids is 1. The lowest BCUT2D eigenvalue weighted by atomic mass is 9.92. The molecule has 21 heavy (non-hydrogen) atoms. The molecule has 1 aliphatic rings. The number of benzene rings is 1. The predicted molar refractivity (Wildman–Crippen MR) is 85.8 cm³/mol. The lowest BCUT2D eigenvalue weighted by molar-refractivity contribution is -0.117. The number of aromatic nitrogens is 2. The lowest BCUT2D eigenvalue weighted by Gasteiger charge is -2.14. The van der Waals surface area contributed by atoms with Crippen LogP contribution in [0.25, 0.3) is 0 Å². The molecule has 0 saturated carbocycles. The zero-order chi connectivity index (χ0) is 15.0. The Morgan fingerprint density at radius 2 is 2.14 bits per heavy atom. The average Bonchev–Trinajstić information content (AvgIpc) is 3.03. The number of nitrogens with zero attached hydrogens (tertiary/aromatic N) is 1. The number of H-pyrrole nitrogens is 1. The molecule has 0 aliphatic carbocycles. The van der Waals surface area contributed by atoms with Crippen molar-refractivity contribution < 1.29 is 4.79 Å². The van der Waals surface area contributed by atoms with Crippen molar-refractivity contribution in [2.24, 2.45) is 0 Å². The fourth-order valence-electron chi connectivity index (χ4n) is 2.36. The van der Waals surface area contributed by atoms with Crippen LogP contribution < -0.4 is 5.32 Å². The van der Waals surface area contributed by atoms with Gasteiger partial charge in [0, 0.05) is 27.8 Å². The largest absolute Gasteiger partial charge is 0.309 e. The van der Waals surface area contributed by atoms with Gasteiger partial charge in [-0.3, -0.25) is 9.89 Å². The number of aromatic amines is 1. The van der Waals surface area contributed by atoms with Crippen molar-refractivity contribution in [3.05, 3.63) is 41.6 Å². The first-order chi connectivity index (χ1) is 9.95. The maximum Gasteiger partial charge on any atom is 0.234 e. The van der Waals surface area contributed by atoms with E-state index in [1.54, 1.807) is 11.8 Å². The maximum absolute atomic E-state index is 12.5. The second-order valence-corrected chi connectivity index (χ2v) is 7.37. The number of rotatable bonds is 2. The van der Waals surface area contributed by atoms with Crippen LogP contribution in [0.15, 0.2) is 35.2 Å². The van der Waals surface area contributed by atoms with Gasteiger partial charge < -0.3 is 5.32 Å². The fraction of sp³-hybridized carbons (Fsp3) is 0.375. The SMILES string of the molecule is CC(C)(C)c1cc(NC(=O)C2CSc3ccccc32)n[nH]1. The molecule has 1 aromatic heterocycles. The molecular formula is C16H19N3OS. The van der Waals surface area contributed by atoms with Gasteiger partial charge in [0.2, 0.25) is 5.91 Å². The molecule has 2 aromatic rings. The fourth-order valence-corrected chi connectivity index (χ4v) is 3.59. The topological polar surface area (TPSA) is 57.8 Å². The summed E-state index contributed by atoms with van der Waals surface area (Å²) in [4.78, 5) is 13.7. The summed E-state index contributed by atoms with van der Waals surface area (Å²) in [5.41, 5.74) is 2.12. The number of fused-ring (bicyclic) bond motifs is 1. The lowest BCUT2D eigenvalue weighted by Crippen LogP contribution is -2.21. The van der Waals surface area contributed by atoms with E-state index in [1.165, 1.54) is 4.90 Å². The van der Waals surface area contributed by atoms with Gasteiger partial charge in [-0.15, -0.1) is 11.8 Å². The molecule has 110 valence electrons. The van der Waals surface area contributed by atoms with Crippen molar-refractivity contribution in [3.8, 4) is 0 Å². The first-order valence-corrected chi connectivity index (χ1v) is 8.02. The molecule has 1 unspecified atom stereocenters. The van der Waals surface area contributed by atoms with E-state index in [-0.39, 0.29) is 17.2 Å². The normalized spacial score (nSPS) is 17.6. The van der Waals surface area contributed by atoms with E-state index in [4.69, 9.17) is 0 Å². The highest BCUT2D eigenvalue weighted by Crippen LogP contribution is 2.39. The van der Waals surface area contributed by atoms with Gasteiger partial charge >= 0.3 is 0 Å². The van der Waals surface area contributed by atoms with Crippen LogP contribution in [0, 0.1) is 0 Å². The molecule has 2 heterocycles. The molecule has 0 spiro atoms. The van der Waals surface area contributed by atoms with E-state index in [9.17, 15) is 4.79 Å². The summed E-state index contributed by atoms with van der Waals surface area (Å²) in [5.74, 6) is 1.31. The number of thioether (sulfide) groups is 1. The van der Waals surface area contributed by atoms with Crippen molar-refractivity contribution in [1.82, 2.24) is 10.2 Å². The van der Waals surface area contributed by atoms with Gasteiger partial charge in [0.15, 0.2) is 5.82 Å². The summed E-state index contributed by atoms with van der Waals surface area (Å²) in [5, 5.41) is 10.1. The van der Waals surface area contributed by atoms with Gasteiger partial charge in [-0.2, -0.15) is 5.10 Å². The van der Waals surface area contributed by atoms with Crippen LogP contribution in [0.2, 0.25) is 0 Å². The second kappa shape index (κ2) is 5.22. The smallest absolute Gasteiger partial charge is 0.234 e. The monoisotopic (exact) mass is 301 g/mol. The van der Waals surface area contributed by atoms with Crippen LogP contribution >= 0.6 is 11.8 Å². The third-order valence-corrected chi connectivity index (χ3v) is 4.84. The number of hydrogen-bond acceptors (Lipinski definition) is 3. The Morgan fingerprint density at radius 1 is 1.38 bits per heavy atom. The molecule has 4 nitrogen and oxygen atoms in total. The van der Waals surface area contributed by atoms with E-state index in [1.807, 2.05) is 24.3 Å². The number of anilines is 1. The molecule has 3 rings (SSSR count). The Labute approximate surface area is 128 Å². The van der Waals surface area contributed by atoms with Gasteiger partial charge in [-0.25, -0.2) is 0 Å². The highest BCUT2D eigenvalue weighted by atomic mass is 32.2. The van der Waals surface area contributed by atoms with Crippen LogP contribution in [-0.2, 0) is 10.2 Å². The van der Waals surface area contributed by atoms with Crippen molar-refractivity contribution in [3.63, 3.8) is 0 Å². The Bertz CT molecular complexity index is 672. The first kappa shape index (κ1) is 14.2. The van der Waals surface area contributed by atoms with E-state index < -0.39 is 0 Å². The summed E-state index contributed by atoms with van der Waals surface area (Å²) in [6.07, 6.45) is 0. The molecule has 1 atom stereocenters. The summed E-state index contributed by atoms with van der Waals surface area (Å²) in [6.45, 7) is 6.32. The van der Waals surface area contributed by atoms with E-state index in [0.717, 1.165) is 17.0 Å². The molecule has 0 fully saturated rings. The van der Waals surface area contributed by atoms with Gasteiger partial charge in [0.25, 0.3) is 0 Å². The second-order valence-electron chi connectivity index (χ2n) is 6.31. The summed E-state index contributed by atoms with van der Waals surface area (Å²) >= 11 is 1.74. The average molecular weight is 301 g/mol. The maximum atomic E-state index is 12.5. The van der Waals surface area contributed by atoms with Crippen molar-refractivity contribution in [2.75, 3.05) is 11.1 Å². The van der Waals surface area contributed by atoms with Crippen LogP contribution in [-0.4, -0.2) is 21.9 Å². The van der Waals surface area contributed by atoms with Crippen LogP contribution in [0.4, 0.5) is 5.82 Å². The Hall–Kier alpha value is -1.75. The summed E-state index contributed by atoms with van der Waals surface area (Å²) in [7, 11) is 0. The molecule has 2 N–H and O–H groups in total. The Kier molecular flexibility index (Phi) is 3.53.